The van der Waals surface area contributed by atoms with Gasteiger partial charge in [0.05, 0.1) is 8.80 Å². The van der Waals surface area contributed by atoms with Crippen molar-refractivity contribution >= 4 is 29.9 Å². The fourth-order valence-corrected chi connectivity index (χ4v) is 7.17. The van der Waals surface area contributed by atoms with Gasteiger partial charge in [0.2, 0.25) is 0 Å². The Morgan fingerprint density at radius 1 is 1.13 bits per heavy atom. The van der Waals surface area contributed by atoms with E-state index in [4.69, 9.17) is 0 Å². The largest absolute Gasteiger partial charge is 0.508 e. The SMILES string of the molecule is CC(C)[SiH](c1c(O)cccc1Br)C(C)C. The zero-order valence-corrected chi connectivity index (χ0v) is 12.5. The second-order valence-corrected chi connectivity index (χ2v) is 9.84. The van der Waals surface area contributed by atoms with E-state index in [1.165, 1.54) is 5.19 Å². The Morgan fingerprint density at radius 2 is 1.67 bits per heavy atom. The lowest BCUT2D eigenvalue weighted by atomic mass is 10.3. The normalized spacial score (nSPS) is 11.7. The van der Waals surface area contributed by atoms with Crippen LogP contribution in [0.4, 0.5) is 0 Å². The third-order valence-electron chi connectivity index (χ3n) is 2.80. The van der Waals surface area contributed by atoms with Crippen LogP contribution in [0.15, 0.2) is 22.7 Å². The monoisotopic (exact) mass is 286 g/mol. The highest BCUT2D eigenvalue weighted by Crippen LogP contribution is 2.26. The molecule has 1 aromatic rings. The minimum Gasteiger partial charge on any atom is -0.508 e. The molecule has 0 radical (unpaired) electrons. The van der Waals surface area contributed by atoms with Gasteiger partial charge in [-0.05, 0) is 28.4 Å². The maximum absolute atomic E-state index is 9.96. The summed E-state index contributed by atoms with van der Waals surface area (Å²) in [6, 6.07) is 5.71. The topological polar surface area (TPSA) is 20.2 Å². The molecule has 1 N–H and O–H groups in total. The number of aromatic hydroxyl groups is 1. The summed E-state index contributed by atoms with van der Waals surface area (Å²) in [5.41, 5.74) is 1.32. The molecule has 1 aromatic carbocycles. The van der Waals surface area contributed by atoms with Crippen molar-refractivity contribution in [3.05, 3.63) is 22.7 Å². The molecule has 0 heterocycles. The predicted octanol–water partition coefficient (Wildman–Crippen LogP) is 3.41. The number of halogens is 1. The maximum Gasteiger partial charge on any atom is 0.115 e. The van der Waals surface area contributed by atoms with Crippen LogP contribution in [0.25, 0.3) is 0 Å². The summed E-state index contributed by atoms with van der Waals surface area (Å²) < 4.78 is 1.07. The average Bonchev–Trinajstić information content (AvgIpc) is 2.09. The molecule has 0 bridgehead atoms. The zero-order valence-electron chi connectivity index (χ0n) is 9.79. The van der Waals surface area contributed by atoms with Gasteiger partial charge < -0.3 is 5.11 Å². The first-order valence-electron chi connectivity index (χ1n) is 5.42. The van der Waals surface area contributed by atoms with Gasteiger partial charge in [0.25, 0.3) is 0 Å². The first-order valence-corrected chi connectivity index (χ1v) is 8.13. The average molecular weight is 287 g/mol. The molecule has 0 aliphatic carbocycles. The Kier molecular flexibility index (Phi) is 4.41. The fraction of sp³-hybridized carbons (Fsp3) is 0.500. The number of hydrogen-bond acceptors (Lipinski definition) is 1. The van der Waals surface area contributed by atoms with Gasteiger partial charge in [0.1, 0.15) is 5.75 Å². The molecule has 0 aliphatic heterocycles. The van der Waals surface area contributed by atoms with Crippen molar-refractivity contribution in [2.24, 2.45) is 0 Å². The van der Waals surface area contributed by atoms with E-state index in [9.17, 15) is 5.11 Å². The Balaban J connectivity index is 3.22. The predicted molar refractivity (Wildman–Crippen MR) is 72.8 cm³/mol. The van der Waals surface area contributed by atoms with Crippen LogP contribution in [0.5, 0.6) is 5.75 Å². The van der Waals surface area contributed by atoms with Crippen molar-refractivity contribution in [1.82, 2.24) is 0 Å². The lowest BCUT2D eigenvalue weighted by molar-refractivity contribution is 0.479. The number of benzene rings is 1. The molecule has 0 aromatic heterocycles. The quantitative estimate of drug-likeness (QED) is 0.845. The van der Waals surface area contributed by atoms with Gasteiger partial charge in [-0.3, -0.25) is 0 Å². The summed E-state index contributed by atoms with van der Waals surface area (Å²) in [6.07, 6.45) is 0. The van der Waals surface area contributed by atoms with Crippen molar-refractivity contribution in [3.8, 4) is 5.75 Å². The van der Waals surface area contributed by atoms with Gasteiger partial charge in [-0.25, -0.2) is 0 Å². The minimum absolute atomic E-state index is 0.462. The Labute approximate surface area is 102 Å². The van der Waals surface area contributed by atoms with Gasteiger partial charge in [0, 0.05) is 4.47 Å². The van der Waals surface area contributed by atoms with Gasteiger partial charge in [-0.15, -0.1) is 0 Å². The van der Waals surface area contributed by atoms with Gasteiger partial charge in [-0.2, -0.15) is 0 Å². The minimum atomic E-state index is -1.11. The van der Waals surface area contributed by atoms with Gasteiger partial charge in [-0.1, -0.05) is 49.7 Å². The molecule has 0 amide bonds. The van der Waals surface area contributed by atoms with Crippen LogP contribution >= 0.6 is 15.9 Å². The summed E-state index contributed by atoms with van der Waals surface area (Å²) in [4.78, 5) is 0. The number of phenolic OH excluding ortho intramolecular Hbond substituents is 1. The summed E-state index contributed by atoms with van der Waals surface area (Å²) >= 11 is 3.56. The van der Waals surface area contributed by atoms with Crippen LogP contribution in [0.2, 0.25) is 11.1 Å². The smallest absolute Gasteiger partial charge is 0.115 e. The molecule has 15 heavy (non-hydrogen) atoms. The van der Waals surface area contributed by atoms with Crippen LogP contribution in [0.1, 0.15) is 27.7 Å². The van der Waals surface area contributed by atoms with Crippen LogP contribution < -0.4 is 5.19 Å². The summed E-state index contributed by atoms with van der Waals surface area (Å²) in [7, 11) is -1.11. The molecule has 0 fully saturated rings. The van der Waals surface area contributed by atoms with Gasteiger partial charge in [0.15, 0.2) is 0 Å². The van der Waals surface area contributed by atoms with Crippen molar-refractivity contribution < 1.29 is 5.11 Å². The molecule has 0 atom stereocenters. The van der Waals surface area contributed by atoms with Crippen molar-refractivity contribution in [2.45, 2.75) is 38.8 Å². The maximum atomic E-state index is 9.96. The van der Waals surface area contributed by atoms with E-state index < -0.39 is 8.80 Å². The third kappa shape index (κ3) is 2.85. The molecular formula is C12H19BrOSi. The van der Waals surface area contributed by atoms with E-state index in [0.29, 0.717) is 16.8 Å². The molecular weight excluding hydrogens is 268 g/mol. The van der Waals surface area contributed by atoms with Crippen LogP contribution in [-0.2, 0) is 0 Å². The molecule has 0 unspecified atom stereocenters. The van der Waals surface area contributed by atoms with Crippen molar-refractivity contribution in [2.75, 3.05) is 0 Å². The number of rotatable bonds is 3. The summed E-state index contributed by atoms with van der Waals surface area (Å²) in [5, 5.41) is 11.1. The Bertz CT molecular complexity index is 308. The molecule has 1 rings (SSSR count). The van der Waals surface area contributed by atoms with E-state index in [2.05, 4.69) is 43.6 Å². The van der Waals surface area contributed by atoms with E-state index in [1.807, 2.05) is 12.1 Å². The standard InChI is InChI=1S/C12H19BrOSi/c1-8(2)15(9(3)4)12-10(13)6-5-7-11(12)14/h5-9,14-15H,1-4H3. The van der Waals surface area contributed by atoms with Crippen LogP contribution in [-0.4, -0.2) is 13.9 Å². The highest BCUT2D eigenvalue weighted by Gasteiger charge is 2.26. The molecule has 0 spiro atoms. The molecule has 1 nitrogen and oxygen atoms in total. The Morgan fingerprint density at radius 3 is 2.07 bits per heavy atom. The number of phenols is 1. The second-order valence-electron chi connectivity index (χ2n) is 4.69. The molecule has 84 valence electrons. The van der Waals surface area contributed by atoms with Crippen molar-refractivity contribution in [3.63, 3.8) is 0 Å². The van der Waals surface area contributed by atoms with Crippen LogP contribution in [0, 0.1) is 0 Å². The van der Waals surface area contributed by atoms with E-state index in [0.717, 1.165) is 4.47 Å². The lowest BCUT2D eigenvalue weighted by Crippen LogP contribution is -2.37. The lowest BCUT2D eigenvalue weighted by Gasteiger charge is -2.25. The number of hydrogen-bond donors (Lipinski definition) is 1. The molecule has 0 aliphatic rings. The Hall–Kier alpha value is -0.283. The fourth-order valence-electron chi connectivity index (χ4n) is 2.29. The van der Waals surface area contributed by atoms with E-state index in [-0.39, 0.29) is 0 Å². The molecule has 0 saturated heterocycles. The second kappa shape index (κ2) is 5.17. The first kappa shape index (κ1) is 12.8. The zero-order chi connectivity index (χ0) is 11.6. The van der Waals surface area contributed by atoms with Gasteiger partial charge >= 0.3 is 0 Å². The van der Waals surface area contributed by atoms with E-state index in [1.54, 1.807) is 6.07 Å². The molecule has 3 heteroatoms. The summed E-state index contributed by atoms with van der Waals surface area (Å²) in [6.45, 7) is 9.04. The first-order chi connectivity index (χ1) is 6.95. The van der Waals surface area contributed by atoms with Crippen LogP contribution in [0.3, 0.4) is 0 Å². The highest BCUT2D eigenvalue weighted by atomic mass is 79.9. The van der Waals surface area contributed by atoms with E-state index >= 15 is 0 Å². The molecule has 0 saturated carbocycles. The third-order valence-corrected chi connectivity index (χ3v) is 8.06. The van der Waals surface area contributed by atoms with Crippen molar-refractivity contribution in [1.29, 1.82) is 0 Å². The summed E-state index contributed by atoms with van der Waals surface area (Å²) in [5.74, 6) is 0.462. The highest BCUT2D eigenvalue weighted by molar-refractivity contribution is 9.10.